The largest absolute Gasteiger partial charge is 0.366 e. The number of nitrogens with two attached hydrogens (primary N) is 1. The van der Waals surface area contributed by atoms with Gasteiger partial charge in [-0.05, 0) is 42.5 Å². The van der Waals surface area contributed by atoms with Gasteiger partial charge in [0.1, 0.15) is 0 Å². The monoisotopic (exact) mass is 200 g/mol. The zero-order valence-corrected chi connectivity index (χ0v) is 8.74. The number of aryl methyl sites for hydroxylation is 1. The highest BCUT2D eigenvalue weighted by Crippen LogP contribution is 2.23. The summed E-state index contributed by atoms with van der Waals surface area (Å²) in [6.45, 7) is 3.90. The number of aromatic nitrogens is 1. The van der Waals surface area contributed by atoms with Gasteiger partial charge in [-0.2, -0.15) is 0 Å². The lowest BCUT2D eigenvalue weighted by Gasteiger charge is -2.09. The van der Waals surface area contributed by atoms with Crippen LogP contribution in [0.15, 0.2) is 24.5 Å². The lowest BCUT2D eigenvalue weighted by Crippen LogP contribution is -2.13. The summed E-state index contributed by atoms with van der Waals surface area (Å²) in [5.74, 6) is -0.388. The molecule has 1 amide bonds. The first-order valence-electron chi connectivity index (χ1n) is 4.75. The van der Waals surface area contributed by atoms with E-state index in [1.807, 2.05) is 19.9 Å². The van der Waals surface area contributed by atoms with Crippen LogP contribution >= 0.6 is 0 Å². The van der Waals surface area contributed by atoms with E-state index in [0.29, 0.717) is 5.56 Å². The first-order chi connectivity index (χ1) is 7.11. The Labute approximate surface area is 87.9 Å². The Morgan fingerprint density at radius 2 is 2.07 bits per heavy atom. The lowest BCUT2D eigenvalue weighted by molar-refractivity contribution is 0.1000. The second-order valence-electron chi connectivity index (χ2n) is 3.64. The summed E-state index contributed by atoms with van der Waals surface area (Å²) in [5, 5.41) is 2.07. The number of hydrogen-bond acceptors (Lipinski definition) is 2. The minimum absolute atomic E-state index is 0.388. The molecule has 1 aromatic heterocycles. The van der Waals surface area contributed by atoms with Crippen LogP contribution in [0.3, 0.4) is 0 Å². The molecule has 0 bridgehead atoms. The fourth-order valence-electron chi connectivity index (χ4n) is 1.79. The summed E-state index contributed by atoms with van der Waals surface area (Å²) in [4.78, 5) is 15.3. The molecule has 0 aliphatic heterocycles. The van der Waals surface area contributed by atoms with Gasteiger partial charge in [-0.25, -0.2) is 0 Å². The van der Waals surface area contributed by atoms with Crippen molar-refractivity contribution in [1.29, 1.82) is 0 Å². The molecule has 3 nitrogen and oxygen atoms in total. The standard InChI is InChI=1S/C12H12N2O/c1-7-8(2)11(12(13)15)5-9-6-14-4-3-10(7)9/h3-6H,1-2H3,(H2,13,15). The van der Waals surface area contributed by atoms with Gasteiger partial charge in [-0.3, -0.25) is 9.78 Å². The van der Waals surface area contributed by atoms with Crippen molar-refractivity contribution in [2.75, 3.05) is 0 Å². The van der Waals surface area contributed by atoms with E-state index >= 15 is 0 Å². The average molecular weight is 200 g/mol. The minimum Gasteiger partial charge on any atom is -0.366 e. The maximum Gasteiger partial charge on any atom is 0.248 e. The van der Waals surface area contributed by atoms with Gasteiger partial charge in [-0.1, -0.05) is 0 Å². The van der Waals surface area contributed by atoms with E-state index in [4.69, 9.17) is 5.73 Å². The molecule has 76 valence electrons. The number of carbonyl (C=O) groups is 1. The van der Waals surface area contributed by atoms with Gasteiger partial charge in [0.25, 0.3) is 0 Å². The molecule has 0 saturated carbocycles. The molecular formula is C12H12N2O. The quantitative estimate of drug-likeness (QED) is 0.764. The van der Waals surface area contributed by atoms with Gasteiger partial charge in [0, 0.05) is 23.3 Å². The van der Waals surface area contributed by atoms with Crippen molar-refractivity contribution in [2.45, 2.75) is 13.8 Å². The molecule has 0 unspecified atom stereocenters. The maximum atomic E-state index is 11.2. The van der Waals surface area contributed by atoms with E-state index in [-0.39, 0.29) is 5.91 Å². The smallest absolute Gasteiger partial charge is 0.248 e. The summed E-state index contributed by atoms with van der Waals surface area (Å²) < 4.78 is 0. The highest BCUT2D eigenvalue weighted by atomic mass is 16.1. The zero-order valence-electron chi connectivity index (χ0n) is 8.74. The Morgan fingerprint density at radius 1 is 1.33 bits per heavy atom. The first-order valence-corrected chi connectivity index (χ1v) is 4.75. The van der Waals surface area contributed by atoms with Crippen molar-refractivity contribution in [2.24, 2.45) is 5.73 Å². The fourth-order valence-corrected chi connectivity index (χ4v) is 1.79. The number of nitrogens with zero attached hydrogens (tertiary/aromatic N) is 1. The second-order valence-corrected chi connectivity index (χ2v) is 3.64. The summed E-state index contributed by atoms with van der Waals surface area (Å²) in [6.07, 6.45) is 3.49. The molecule has 15 heavy (non-hydrogen) atoms. The number of fused-ring (bicyclic) bond motifs is 1. The van der Waals surface area contributed by atoms with E-state index in [0.717, 1.165) is 21.9 Å². The van der Waals surface area contributed by atoms with Crippen LogP contribution in [0.4, 0.5) is 0 Å². The Balaban J connectivity index is 2.88. The number of benzene rings is 1. The van der Waals surface area contributed by atoms with E-state index in [2.05, 4.69) is 4.98 Å². The van der Waals surface area contributed by atoms with Crippen LogP contribution in [0.2, 0.25) is 0 Å². The van der Waals surface area contributed by atoms with Crippen LogP contribution < -0.4 is 5.73 Å². The summed E-state index contributed by atoms with van der Waals surface area (Å²) >= 11 is 0. The van der Waals surface area contributed by atoms with Crippen LogP contribution in [0.1, 0.15) is 21.5 Å². The van der Waals surface area contributed by atoms with Gasteiger partial charge in [0.15, 0.2) is 0 Å². The third-order valence-corrected chi connectivity index (χ3v) is 2.79. The van der Waals surface area contributed by atoms with Crippen molar-refractivity contribution in [3.05, 3.63) is 41.2 Å². The number of amides is 1. The molecule has 0 saturated heterocycles. The van der Waals surface area contributed by atoms with Crippen molar-refractivity contribution in [3.8, 4) is 0 Å². The topological polar surface area (TPSA) is 56.0 Å². The maximum absolute atomic E-state index is 11.2. The molecule has 2 N–H and O–H groups in total. The van der Waals surface area contributed by atoms with E-state index in [1.54, 1.807) is 18.5 Å². The number of hydrogen-bond donors (Lipinski definition) is 1. The van der Waals surface area contributed by atoms with Crippen molar-refractivity contribution in [3.63, 3.8) is 0 Å². The predicted octanol–water partition coefficient (Wildman–Crippen LogP) is 1.95. The number of carbonyl (C=O) groups excluding carboxylic acids is 1. The van der Waals surface area contributed by atoms with E-state index < -0.39 is 0 Å². The molecule has 1 heterocycles. The molecule has 0 aliphatic rings. The molecule has 3 heteroatoms. The van der Waals surface area contributed by atoms with Crippen LogP contribution in [-0.4, -0.2) is 10.9 Å². The van der Waals surface area contributed by atoms with Gasteiger partial charge < -0.3 is 5.73 Å². The Morgan fingerprint density at radius 3 is 2.73 bits per heavy atom. The molecule has 0 fully saturated rings. The normalized spacial score (nSPS) is 10.5. The summed E-state index contributed by atoms with van der Waals surface area (Å²) in [5.41, 5.74) is 7.92. The van der Waals surface area contributed by atoms with Crippen LogP contribution in [0.5, 0.6) is 0 Å². The summed E-state index contributed by atoms with van der Waals surface area (Å²) in [6, 6.07) is 3.75. The molecular weight excluding hydrogens is 188 g/mol. The zero-order chi connectivity index (χ0) is 11.0. The lowest BCUT2D eigenvalue weighted by atomic mass is 9.97. The van der Waals surface area contributed by atoms with Crippen molar-refractivity contribution >= 4 is 16.7 Å². The summed E-state index contributed by atoms with van der Waals surface area (Å²) in [7, 11) is 0. The molecule has 0 atom stereocenters. The predicted molar refractivity (Wildman–Crippen MR) is 59.7 cm³/mol. The van der Waals surface area contributed by atoms with Crippen LogP contribution in [-0.2, 0) is 0 Å². The Bertz CT molecular complexity index is 547. The van der Waals surface area contributed by atoms with Gasteiger partial charge in [0.2, 0.25) is 5.91 Å². The number of pyridine rings is 1. The van der Waals surface area contributed by atoms with E-state index in [9.17, 15) is 4.79 Å². The molecule has 2 aromatic rings. The van der Waals surface area contributed by atoms with E-state index in [1.165, 1.54) is 0 Å². The highest BCUT2D eigenvalue weighted by Gasteiger charge is 2.10. The Kier molecular flexibility index (Phi) is 2.15. The van der Waals surface area contributed by atoms with Crippen LogP contribution in [0, 0.1) is 13.8 Å². The SMILES string of the molecule is Cc1c(C(N)=O)cc2cnccc2c1C. The van der Waals surface area contributed by atoms with Crippen LogP contribution in [0.25, 0.3) is 10.8 Å². The fraction of sp³-hybridized carbons (Fsp3) is 0.167. The highest BCUT2D eigenvalue weighted by molar-refractivity contribution is 6.00. The minimum atomic E-state index is -0.388. The number of primary amides is 1. The molecule has 1 aromatic carbocycles. The van der Waals surface area contributed by atoms with Gasteiger partial charge in [-0.15, -0.1) is 0 Å². The van der Waals surface area contributed by atoms with Crippen molar-refractivity contribution in [1.82, 2.24) is 4.98 Å². The molecule has 0 spiro atoms. The second kappa shape index (κ2) is 3.35. The molecule has 0 radical (unpaired) electrons. The third-order valence-electron chi connectivity index (χ3n) is 2.79. The van der Waals surface area contributed by atoms with Gasteiger partial charge >= 0.3 is 0 Å². The third kappa shape index (κ3) is 1.46. The molecule has 2 rings (SSSR count). The first kappa shape index (κ1) is 9.65. The Hall–Kier alpha value is -1.90. The molecule has 0 aliphatic carbocycles. The average Bonchev–Trinajstić information content (AvgIpc) is 2.23. The van der Waals surface area contributed by atoms with Crippen molar-refractivity contribution < 1.29 is 4.79 Å². The van der Waals surface area contributed by atoms with Gasteiger partial charge in [0.05, 0.1) is 0 Å². The number of rotatable bonds is 1.